The Morgan fingerprint density at radius 3 is 2.48 bits per heavy atom. The molecule has 4 heteroatoms. The summed E-state index contributed by atoms with van der Waals surface area (Å²) in [7, 11) is 0. The number of nitrogens with one attached hydrogen (secondary N) is 1. The fourth-order valence-electron chi connectivity index (χ4n) is 2.77. The predicted molar refractivity (Wildman–Crippen MR) is 98.7 cm³/mol. The van der Waals surface area contributed by atoms with Gasteiger partial charge in [-0.25, -0.2) is 9.37 Å². The average Bonchev–Trinajstić information content (AvgIpc) is 2.67. The first kappa shape index (κ1) is 15.3. The Hall–Kier alpha value is -3.27. The van der Waals surface area contributed by atoms with Gasteiger partial charge in [0.2, 0.25) is 0 Å². The van der Waals surface area contributed by atoms with Gasteiger partial charge in [-0.1, -0.05) is 24.3 Å². The molecule has 0 aliphatic rings. The molecule has 0 saturated carbocycles. The minimum atomic E-state index is -0.257. The second-order valence-corrected chi connectivity index (χ2v) is 5.76. The smallest absolute Gasteiger partial charge is 0.123 e. The maximum atomic E-state index is 13.3. The number of benzene rings is 2. The quantitative estimate of drug-likeness (QED) is 0.569. The van der Waals surface area contributed by atoms with Crippen molar-refractivity contribution in [2.45, 2.75) is 6.54 Å². The molecule has 3 nitrogen and oxygen atoms in total. The number of hydrogen-bond donors (Lipinski definition) is 1. The molecule has 0 radical (unpaired) electrons. The van der Waals surface area contributed by atoms with Crippen molar-refractivity contribution in [1.82, 2.24) is 9.97 Å². The summed E-state index contributed by atoms with van der Waals surface area (Å²) in [6.07, 6.45) is 1.77. The van der Waals surface area contributed by atoms with Crippen LogP contribution in [-0.2, 0) is 6.54 Å². The first-order valence-corrected chi connectivity index (χ1v) is 8.09. The molecule has 2 heterocycles. The van der Waals surface area contributed by atoms with E-state index < -0.39 is 0 Å². The maximum Gasteiger partial charge on any atom is 0.123 e. The van der Waals surface area contributed by atoms with E-state index >= 15 is 0 Å². The van der Waals surface area contributed by atoms with Crippen molar-refractivity contribution in [2.24, 2.45) is 0 Å². The van der Waals surface area contributed by atoms with Crippen LogP contribution in [0.15, 0.2) is 79.0 Å². The molecule has 4 rings (SSSR count). The summed E-state index contributed by atoms with van der Waals surface area (Å²) in [4.78, 5) is 9.12. The molecule has 0 spiro atoms. The van der Waals surface area contributed by atoms with Gasteiger partial charge in [0.05, 0.1) is 29.1 Å². The zero-order valence-electron chi connectivity index (χ0n) is 13.5. The lowest BCUT2D eigenvalue weighted by Gasteiger charge is -2.13. The highest BCUT2D eigenvalue weighted by atomic mass is 19.1. The van der Waals surface area contributed by atoms with E-state index in [-0.39, 0.29) is 5.82 Å². The van der Waals surface area contributed by atoms with E-state index in [1.54, 1.807) is 18.3 Å². The molecule has 25 heavy (non-hydrogen) atoms. The van der Waals surface area contributed by atoms with Crippen LogP contribution in [-0.4, -0.2) is 9.97 Å². The first-order valence-electron chi connectivity index (χ1n) is 8.09. The fraction of sp³-hybridized carbons (Fsp3) is 0.0476. The van der Waals surface area contributed by atoms with E-state index in [0.29, 0.717) is 6.54 Å². The third-order valence-corrected chi connectivity index (χ3v) is 4.03. The number of hydrogen-bond acceptors (Lipinski definition) is 3. The molecule has 122 valence electrons. The van der Waals surface area contributed by atoms with Gasteiger partial charge >= 0.3 is 0 Å². The highest BCUT2D eigenvalue weighted by Gasteiger charge is 2.10. The van der Waals surface area contributed by atoms with Gasteiger partial charge in [0.1, 0.15) is 5.82 Å². The van der Waals surface area contributed by atoms with Crippen LogP contribution in [0.3, 0.4) is 0 Å². The third kappa shape index (κ3) is 3.33. The number of fused-ring (bicyclic) bond motifs is 1. The molecule has 2 aromatic carbocycles. The molecule has 0 aliphatic heterocycles. The number of pyridine rings is 2. The van der Waals surface area contributed by atoms with Crippen LogP contribution in [0.25, 0.3) is 22.2 Å². The summed E-state index contributed by atoms with van der Waals surface area (Å²) in [6, 6.07) is 22.3. The standard InChI is InChI=1S/C21H16FN3/c22-17-10-8-15(9-11-17)21-20(24-14-18-6-3-4-12-23-18)13-16-5-1-2-7-19(16)25-21/h1-13,24H,14H2. The van der Waals surface area contributed by atoms with E-state index in [0.717, 1.165) is 33.5 Å². The molecule has 1 N–H and O–H groups in total. The molecule has 0 amide bonds. The molecule has 0 unspecified atom stereocenters. The lowest BCUT2D eigenvalue weighted by atomic mass is 10.1. The van der Waals surface area contributed by atoms with Crippen LogP contribution in [0.2, 0.25) is 0 Å². The van der Waals surface area contributed by atoms with Gasteiger partial charge in [-0.3, -0.25) is 4.98 Å². The van der Waals surface area contributed by atoms with Gasteiger partial charge in [0.15, 0.2) is 0 Å². The summed E-state index contributed by atoms with van der Waals surface area (Å²) >= 11 is 0. The largest absolute Gasteiger partial charge is 0.378 e. The molecule has 2 aromatic heterocycles. The van der Waals surface area contributed by atoms with Gasteiger partial charge in [-0.2, -0.15) is 0 Å². The summed E-state index contributed by atoms with van der Waals surface area (Å²) < 4.78 is 13.3. The number of para-hydroxylation sites is 1. The van der Waals surface area contributed by atoms with Crippen molar-refractivity contribution in [3.8, 4) is 11.3 Å². The SMILES string of the molecule is Fc1ccc(-c2nc3ccccc3cc2NCc2ccccn2)cc1. The van der Waals surface area contributed by atoms with Crippen molar-refractivity contribution in [2.75, 3.05) is 5.32 Å². The fourth-order valence-corrected chi connectivity index (χ4v) is 2.77. The van der Waals surface area contributed by atoms with Crippen LogP contribution in [0.4, 0.5) is 10.1 Å². The van der Waals surface area contributed by atoms with E-state index in [2.05, 4.69) is 16.4 Å². The molecule has 0 bridgehead atoms. The molecule has 0 aliphatic carbocycles. The highest BCUT2D eigenvalue weighted by Crippen LogP contribution is 2.30. The third-order valence-electron chi connectivity index (χ3n) is 4.03. The minimum absolute atomic E-state index is 0.257. The molecule has 0 atom stereocenters. The molecular weight excluding hydrogens is 313 g/mol. The van der Waals surface area contributed by atoms with Crippen LogP contribution in [0.5, 0.6) is 0 Å². The number of anilines is 1. The normalized spacial score (nSPS) is 10.8. The number of rotatable bonds is 4. The van der Waals surface area contributed by atoms with Gasteiger partial charge in [-0.05, 0) is 48.5 Å². The lowest BCUT2D eigenvalue weighted by molar-refractivity contribution is 0.628. The maximum absolute atomic E-state index is 13.3. The first-order chi connectivity index (χ1) is 12.3. The molecule has 0 saturated heterocycles. The Morgan fingerprint density at radius 2 is 1.68 bits per heavy atom. The number of halogens is 1. The highest BCUT2D eigenvalue weighted by molar-refractivity contribution is 5.88. The Morgan fingerprint density at radius 1 is 0.880 bits per heavy atom. The number of aromatic nitrogens is 2. The van der Waals surface area contributed by atoms with Crippen LogP contribution in [0.1, 0.15) is 5.69 Å². The summed E-state index contributed by atoms with van der Waals surface area (Å²) in [5, 5.41) is 4.47. The summed E-state index contributed by atoms with van der Waals surface area (Å²) in [6.45, 7) is 0.592. The van der Waals surface area contributed by atoms with Gasteiger partial charge in [0.25, 0.3) is 0 Å². The van der Waals surface area contributed by atoms with Crippen molar-refractivity contribution < 1.29 is 4.39 Å². The van der Waals surface area contributed by atoms with E-state index in [9.17, 15) is 4.39 Å². The zero-order valence-corrected chi connectivity index (χ0v) is 13.5. The van der Waals surface area contributed by atoms with E-state index in [1.807, 2.05) is 42.5 Å². The summed E-state index contributed by atoms with van der Waals surface area (Å²) in [5.41, 5.74) is 4.42. The van der Waals surface area contributed by atoms with Crippen molar-refractivity contribution in [3.63, 3.8) is 0 Å². The summed E-state index contributed by atoms with van der Waals surface area (Å²) in [5.74, 6) is -0.257. The Bertz CT molecular complexity index is 998. The predicted octanol–water partition coefficient (Wildman–Crippen LogP) is 5.05. The Labute approximate surface area is 145 Å². The van der Waals surface area contributed by atoms with E-state index in [4.69, 9.17) is 4.98 Å². The Kier molecular flexibility index (Phi) is 4.09. The van der Waals surface area contributed by atoms with Crippen molar-refractivity contribution in [3.05, 3.63) is 90.5 Å². The van der Waals surface area contributed by atoms with Crippen LogP contribution in [0, 0.1) is 5.82 Å². The van der Waals surface area contributed by atoms with E-state index in [1.165, 1.54) is 12.1 Å². The molecular formula is C21H16FN3. The van der Waals surface area contributed by atoms with Crippen molar-refractivity contribution in [1.29, 1.82) is 0 Å². The minimum Gasteiger partial charge on any atom is -0.378 e. The molecule has 0 fully saturated rings. The lowest BCUT2D eigenvalue weighted by Crippen LogP contribution is -2.04. The topological polar surface area (TPSA) is 37.8 Å². The second-order valence-electron chi connectivity index (χ2n) is 5.76. The van der Waals surface area contributed by atoms with Gasteiger partial charge in [0, 0.05) is 17.1 Å². The van der Waals surface area contributed by atoms with Gasteiger partial charge in [-0.15, -0.1) is 0 Å². The monoisotopic (exact) mass is 329 g/mol. The molecule has 4 aromatic rings. The number of nitrogens with zero attached hydrogens (tertiary/aromatic N) is 2. The van der Waals surface area contributed by atoms with Crippen LogP contribution >= 0.6 is 0 Å². The zero-order chi connectivity index (χ0) is 17.1. The van der Waals surface area contributed by atoms with Crippen molar-refractivity contribution >= 4 is 16.6 Å². The second kappa shape index (κ2) is 6.69. The Balaban J connectivity index is 1.77. The van der Waals surface area contributed by atoms with Crippen LogP contribution < -0.4 is 5.32 Å². The van der Waals surface area contributed by atoms with Gasteiger partial charge < -0.3 is 5.32 Å². The average molecular weight is 329 g/mol.